The molecule has 3 rings (SSSR count). The number of nitrogens with zero attached hydrogens (tertiary/aromatic N) is 2. The number of aromatic amines is 1. The van der Waals surface area contributed by atoms with Crippen LogP contribution in [0, 0.1) is 6.92 Å². The fourth-order valence-electron chi connectivity index (χ4n) is 2.53. The Morgan fingerprint density at radius 1 is 1.44 bits per heavy atom. The Morgan fingerprint density at radius 3 is 3.28 bits per heavy atom. The molecule has 1 unspecified atom stereocenters. The summed E-state index contributed by atoms with van der Waals surface area (Å²) in [6, 6.07) is 6.69. The van der Waals surface area contributed by atoms with Crippen molar-refractivity contribution in [1.29, 1.82) is 0 Å². The molecule has 94 valence electrons. The normalized spacial score (nSPS) is 18.6. The molecule has 2 aromatic rings. The van der Waals surface area contributed by atoms with Gasteiger partial charge in [0.1, 0.15) is 0 Å². The van der Waals surface area contributed by atoms with Crippen molar-refractivity contribution in [3.8, 4) is 0 Å². The van der Waals surface area contributed by atoms with Gasteiger partial charge in [0.2, 0.25) is 0 Å². The van der Waals surface area contributed by atoms with Crippen molar-refractivity contribution in [1.82, 2.24) is 20.5 Å². The number of H-pyrrole nitrogens is 1. The summed E-state index contributed by atoms with van der Waals surface area (Å²) in [4.78, 5) is 4.51. The fraction of sp³-hybridized carbons (Fsp3) is 0.429. The van der Waals surface area contributed by atoms with Crippen LogP contribution in [0.25, 0.3) is 0 Å². The van der Waals surface area contributed by atoms with Crippen LogP contribution in [0.15, 0.2) is 24.4 Å². The van der Waals surface area contributed by atoms with Crippen molar-refractivity contribution in [2.45, 2.75) is 38.8 Å². The van der Waals surface area contributed by atoms with Crippen molar-refractivity contribution in [3.05, 3.63) is 47.0 Å². The van der Waals surface area contributed by atoms with Gasteiger partial charge in [-0.05, 0) is 37.5 Å². The molecule has 2 N–H and O–H groups in total. The molecule has 4 heteroatoms. The average molecular weight is 242 g/mol. The van der Waals surface area contributed by atoms with Gasteiger partial charge in [0, 0.05) is 30.4 Å². The third-order valence-electron chi connectivity index (χ3n) is 3.54. The van der Waals surface area contributed by atoms with Crippen LogP contribution in [-0.4, -0.2) is 21.2 Å². The lowest BCUT2D eigenvalue weighted by Crippen LogP contribution is -2.34. The predicted molar refractivity (Wildman–Crippen MR) is 70.2 cm³/mol. The molecule has 0 fully saturated rings. The number of fused-ring (bicyclic) bond motifs is 1. The standard InChI is InChI=1S/C14H18N4/c1-10-3-2-4-13(17-10)9-15-12-6-5-11-8-16-18-14(11)7-12/h2-4,8,12,15H,5-7,9H2,1H3,(H,16,18). The molecule has 2 aromatic heterocycles. The van der Waals surface area contributed by atoms with E-state index in [9.17, 15) is 0 Å². The molecule has 0 saturated carbocycles. The van der Waals surface area contributed by atoms with Gasteiger partial charge in [-0.2, -0.15) is 5.10 Å². The average Bonchev–Trinajstić information content (AvgIpc) is 2.84. The molecule has 0 saturated heterocycles. The number of rotatable bonds is 3. The minimum Gasteiger partial charge on any atom is -0.308 e. The maximum Gasteiger partial charge on any atom is 0.0544 e. The van der Waals surface area contributed by atoms with E-state index in [0.29, 0.717) is 6.04 Å². The number of nitrogens with one attached hydrogen (secondary N) is 2. The lowest BCUT2D eigenvalue weighted by Gasteiger charge is -2.22. The number of pyridine rings is 1. The largest absolute Gasteiger partial charge is 0.308 e. The Hall–Kier alpha value is -1.68. The van der Waals surface area contributed by atoms with Gasteiger partial charge in [0.05, 0.1) is 11.9 Å². The summed E-state index contributed by atoms with van der Waals surface area (Å²) in [7, 11) is 0. The van der Waals surface area contributed by atoms with E-state index in [0.717, 1.165) is 30.8 Å². The first-order chi connectivity index (χ1) is 8.81. The van der Waals surface area contributed by atoms with Crippen molar-refractivity contribution in [2.75, 3.05) is 0 Å². The van der Waals surface area contributed by atoms with E-state index in [4.69, 9.17) is 0 Å². The number of aryl methyl sites for hydroxylation is 2. The summed E-state index contributed by atoms with van der Waals surface area (Å²) >= 11 is 0. The van der Waals surface area contributed by atoms with Crippen LogP contribution in [0.3, 0.4) is 0 Å². The molecule has 1 aliphatic carbocycles. The lowest BCUT2D eigenvalue weighted by atomic mass is 9.94. The Balaban J connectivity index is 1.59. The summed E-state index contributed by atoms with van der Waals surface area (Å²) in [5.74, 6) is 0. The molecule has 0 radical (unpaired) electrons. The highest BCUT2D eigenvalue weighted by Crippen LogP contribution is 2.18. The quantitative estimate of drug-likeness (QED) is 0.862. The van der Waals surface area contributed by atoms with E-state index >= 15 is 0 Å². The topological polar surface area (TPSA) is 53.6 Å². The highest BCUT2D eigenvalue weighted by molar-refractivity contribution is 5.21. The minimum atomic E-state index is 0.528. The monoisotopic (exact) mass is 242 g/mol. The second-order valence-corrected chi connectivity index (χ2v) is 4.96. The molecule has 4 nitrogen and oxygen atoms in total. The smallest absolute Gasteiger partial charge is 0.0544 e. The maximum absolute atomic E-state index is 4.51. The lowest BCUT2D eigenvalue weighted by molar-refractivity contribution is 0.451. The summed E-state index contributed by atoms with van der Waals surface area (Å²) in [6.07, 6.45) is 5.29. The summed E-state index contributed by atoms with van der Waals surface area (Å²) in [5.41, 5.74) is 4.86. The van der Waals surface area contributed by atoms with E-state index in [1.807, 2.05) is 19.2 Å². The summed E-state index contributed by atoms with van der Waals surface area (Å²) < 4.78 is 0. The molecule has 18 heavy (non-hydrogen) atoms. The van der Waals surface area contributed by atoms with Crippen molar-refractivity contribution >= 4 is 0 Å². The molecule has 1 atom stereocenters. The Morgan fingerprint density at radius 2 is 2.39 bits per heavy atom. The third kappa shape index (κ3) is 2.43. The first kappa shape index (κ1) is 11.4. The van der Waals surface area contributed by atoms with E-state index in [-0.39, 0.29) is 0 Å². The van der Waals surface area contributed by atoms with Gasteiger partial charge in [-0.3, -0.25) is 10.1 Å². The highest BCUT2D eigenvalue weighted by atomic mass is 15.1. The fourth-order valence-corrected chi connectivity index (χ4v) is 2.53. The highest BCUT2D eigenvalue weighted by Gasteiger charge is 2.19. The third-order valence-corrected chi connectivity index (χ3v) is 3.54. The molecule has 0 bridgehead atoms. The Bertz CT molecular complexity index is 532. The molecule has 0 amide bonds. The number of aromatic nitrogens is 3. The number of hydrogen-bond acceptors (Lipinski definition) is 3. The Labute approximate surface area is 107 Å². The molecule has 0 aliphatic heterocycles. The van der Waals surface area contributed by atoms with Crippen LogP contribution in [-0.2, 0) is 19.4 Å². The van der Waals surface area contributed by atoms with Gasteiger partial charge in [-0.1, -0.05) is 6.07 Å². The second kappa shape index (κ2) is 4.90. The van der Waals surface area contributed by atoms with E-state index < -0.39 is 0 Å². The maximum atomic E-state index is 4.51. The summed E-state index contributed by atoms with van der Waals surface area (Å²) in [5, 5.41) is 10.8. The van der Waals surface area contributed by atoms with Gasteiger partial charge in [0.15, 0.2) is 0 Å². The van der Waals surface area contributed by atoms with Crippen LogP contribution in [0.5, 0.6) is 0 Å². The van der Waals surface area contributed by atoms with E-state index in [1.165, 1.54) is 17.7 Å². The second-order valence-electron chi connectivity index (χ2n) is 4.96. The van der Waals surface area contributed by atoms with Gasteiger partial charge < -0.3 is 5.32 Å². The van der Waals surface area contributed by atoms with Gasteiger partial charge in [-0.15, -0.1) is 0 Å². The first-order valence-corrected chi connectivity index (χ1v) is 6.48. The molecule has 2 heterocycles. The molecular formula is C14H18N4. The summed E-state index contributed by atoms with van der Waals surface area (Å²) in [6.45, 7) is 2.87. The van der Waals surface area contributed by atoms with Crippen molar-refractivity contribution in [3.63, 3.8) is 0 Å². The van der Waals surface area contributed by atoms with Gasteiger partial charge in [0.25, 0.3) is 0 Å². The zero-order valence-electron chi connectivity index (χ0n) is 10.6. The molecular weight excluding hydrogens is 224 g/mol. The van der Waals surface area contributed by atoms with Crippen molar-refractivity contribution < 1.29 is 0 Å². The van der Waals surface area contributed by atoms with Gasteiger partial charge in [-0.25, -0.2) is 0 Å². The zero-order valence-corrected chi connectivity index (χ0v) is 10.6. The molecule has 0 aromatic carbocycles. The predicted octanol–water partition coefficient (Wildman–Crippen LogP) is 1.76. The van der Waals surface area contributed by atoms with Gasteiger partial charge >= 0.3 is 0 Å². The van der Waals surface area contributed by atoms with Crippen LogP contribution < -0.4 is 5.32 Å². The first-order valence-electron chi connectivity index (χ1n) is 6.48. The molecule has 0 spiro atoms. The van der Waals surface area contributed by atoms with E-state index in [1.54, 1.807) is 0 Å². The number of hydrogen-bond donors (Lipinski definition) is 2. The zero-order chi connectivity index (χ0) is 12.4. The van der Waals surface area contributed by atoms with Crippen molar-refractivity contribution in [2.24, 2.45) is 0 Å². The van der Waals surface area contributed by atoms with Crippen LogP contribution >= 0.6 is 0 Å². The van der Waals surface area contributed by atoms with E-state index in [2.05, 4.69) is 32.6 Å². The van der Waals surface area contributed by atoms with Crippen LogP contribution in [0.2, 0.25) is 0 Å². The minimum absolute atomic E-state index is 0.528. The van der Waals surface area contributed by atoms with Crippen LogP contribution in [0.1, 0.15) is 29.1 Å². The SMILES string of the molecule is Cc1cccc(CNC2CCc3cn[nH]c3C2)n1. The molecule has 1 aliphatic rings. The van der Waals surface area contributed by atoms with Crippen LogP contribution in [0.4, 0.5) is 0 Å². The Kier molecular flexibility index (Phi) is 3.11.